The monoisotopic (exact) mass is 288 g/mol. The molecular formula is C17H24N2O2. The lowest BCUT2D eigenvalue weighted by Gasteiger charge is -2.33. The molecular weight excluding hydrogens is 264 g/mol. The third-order valence-electron chi connectivity index (χ3n) is 4.32. The Balaban J connectivity index is 1.50. The fourth-order valence-electron chi connectivity index (χ4n) is 3.17. The number of rotatable bonds is 4. The van der Waals surface area contributed by atoms with Gasteiger partial charge in [-0.15, -0.1) is 0 Å². The molecule has 21 heavy (non-hydrogen) atoms. The summed E-state index contributed by atoms with van der Waals surface area (Å²) in [6, 6.07) is 10.6. The summed E-state index contributed by atoms with van der Waals surface area (Å²) in [7, 11) is 0. The van der Waals surface area contributed by atoms with Crippen molar-refractivity contribution in [2.45, 2.75) is 12.1 Å². The van der Waals surface area contributed by atoms with Gasteiger partial charge >= 0.3 is 0 Å². The lowest BCUT2D eigenvalue weighted by Crippen LogP contribution is -2.48. The van der Waals surface area contributed by atoms with Crippen LogP contribution in [0.4, 0.5) is 0 Å². The smallest absolute Gasteiger partial charge is 0.0834 e. The van der Waals surface area contributed by atoms with Gasteiger partial charge in [0.05, 0.1) is 19.3 Å². The van der Waals surface area contributed by atoms with Crippen molar-refractivity contribution >= 4 is 6.08 Å². The first-order chi connectivity index (χ1) is 10.3. The van der Waals surface area contributed by atoms with Crippen LogP contribution in [0.15, 0.2) is 36.4 Å². The van der Waals surface area contributed by atoms with Crippen LogP contribution in [0.3, 0.4) is 0 Å². The van der Waals surface area contributed by atoms with Crippen LogP contribution in [0.1, 0.15) is 5.56 Å². The van der Waals surface area contributed by atoms with E-state index in [2.05, 4.69) is 34.1 Å². The second-order valence-corrected chi connectivity index (χ2v) is 5.81. The average Bonchev–Trinajstić information content (AvgIpc) is 2.90. The van der Waals surface area contributed by atoms with Crippen molar-refractivity contribution in [3.63, 3.8) is 0 Å². The van der Waals surface area contributed by atoms with Gasteiger partial charge in [0.15, 0.2) is 0 Å². The van der Waals surface area contributed by atoms with Crippen molar-refractivity contribution in [2.75, 3.05) is 45.9 Å². The summed E-state index contributed by atoms with van der Waals surface area (Å²) in [4.78, 5) is 4.69. The minimum absolute atomic E-state index is 0.242. The second-order valence-electron chi connectivity index (χ2n) is 5.81. The van der Waals surface area contributed by atoms with Crippen LogP contribution < -0.4 is 0 Å². The molecule has 2 fully saturated rings. The molecule has 3 rings (SSSR count). The molecule has 1 N–H and O–H groups in total. The Bertz CT molecular complexity index is 457. The Labute approximate surface area is 126 Å². The summed E-state index contributed by atoms with van der Waals surface area (Å²) >= 11 is 0. The van der Waals surface area contributed by atoms with Gasteiger partial charge in [-0.2, -0.15) is 0 Å². The Hall–Kier alpha value is -1.20. The molecule has 4 heteroatoms. The lowest BCUT2D eigenvalue weighted by atomic mass is 10.1. The minimum atomic E-state index is -0.242. The molecule has 4 nitrogen and oxygen atoms in total. The molecule has 1 aromatic carbocycles. The lowest BCUT2D eigenvalue weighted by molar-refractivity contribution is -0.00614. The highest BCUT2D eigenvalue weighted by atomic mass is 16.5. The average molecular weight is 288 g/mol. The van der Waals surface area contributed by atoms with Crippen molar-refractivity contribution in [2.24, 2.45) is 0 Å². The van der Waals surface area contributed by atoms with Crippen LogP contribution in [0.25, 0.3) is 6.08 Å². The van der Waals surface area contributed by atoms with Crippen LogP contribution in [0, 0.1) is 0 Å². The maximum absolute atomic E-state index is 10.3. The van der Waals surface area contributed by atoms with Crippen LogP contribution in [0.5, 0.6) is 0 Å². The normalized spacial score (nSPS) is 28.4. The maximum atomic E-state index is 10.3. The molecule has 0 amide bonds. The van der Waals surface area contributed by atoms with Gasteiger partial charge in [-0.05, 0) is 5.56 Å². The maximum Gasteiger partial charge on any atom is 0.0834 e. The molecule has 0 saturated carbocycles. The fraction of sp³-hybridized carbons (Fsp3) is 0.529. The van der Waals surface area contributed by atoms with Gasteiger partial charge in [0.25, 0.3) is 0 Å². The number of benzene rings is 1. The van der Waals surface area contributed by atoms with Gasteiger partial charge < -0.3 is 9.84 Å². The molecule has 1 aromatic rings. The minimum Gasteiger partial charge on any atom is -0.390 e. The number of morpholine rings is 1. The first kappa shape index (κ1) is 14.7. The highest BCUT2D eigenvalue weighted by molar-refractivity contribution is 5.48. The Morgan fingerprint density at radius 3 is 2.67 bits per heavy atom. The summed E-state index contributed by atoms with van der Waals surface area (Å²) < 4.78 is 5.39. The number of aliphatic hydroxyl groups is 1. The zero-order chi connectivity index (χ0) is 14.5. The highest BCUT2D eigenvalue weighted by Crippen LogP contribution is 2.17. The standard InChI is InChI=1S/C17H24N2O2/c20-17-14-18(8-4-7-15-5-2-1-3-6-15)13-16(17)19-9-11-21-12-10-19/h1-7,16-17,20H,8-14H2/t16-,17-/m0/s1. The fourth-order valence-corrected chi connectivity index (χ4v) is 3.17. The van der Waals surface area contributed by atoms with Crippen LogP contribution >= 0.6 is 0 Å². The molecule has 0 spiro atoms. The molecule has 0 bridgehead atoms. The second kappa shape index (κ2) is 7.18. The number of aliphatic hydroxyl groups excluding tert-OH is 1. The van der Waals surface area contributed by atoms with Gasteiger partial charge in [0.2, 0.25) is 0 Å². The molecule has 0 aromatic heterocycles. The molecule has 2 heterocycles. The SMILES string of the molecule is O[C@H]1CN(CC=Cc2ccccc2)C[C@@H]1N1CCOCC1. The zero-order valence-corrected chi connectivity index (χ0v) is 12.4. The number of ether oxygens (including phenoxy) is 1. The molecule has 0 aliphatic carbocycles. The van der Waals surface area contributed by atoms with Gasteiger partial charge in [-0.3, -0.25) is 9.80 Å². The number of hydrogen-bond donors (Lipinski definition) is 1. The van der Waals surface area contributed by atoms with Gasteiger partial charge in [-0.1, -0.05) is 42.5 Å². The third-order valence-corrected chi connectivity index (χ3v) is 4.32. The van der Waals surface area contributed by atoms with E-state index in [1.807, 2.05) is 18.2 Å². The van der Waals surface area contributed by atoms with Gasteiger partial charge in [0.1, 0.15) is 0 Å². The largest absolute Gasteiger partial charge is 0.390 e. The van der Waals surface area contributed by atoms with Crippen molar-refractivity contribution in [3.8, 4) is 0 Å². The molecule has 0 unspecified atom stereocenters. The summed E-state index contributed by atoms with van der Waals surface area (Å²) in [5, 5.41) is 10.3. The van der Waals surface area contributed by atoms with E-state index in [1.165, 1.54) is 5.56 Å². The number of hydrogen-bond acceptors (Lipinski definition) is 4. The van der Waals surface area contributed by atoms with Gasteiger partial charge in [0, 0.05) is 38.8 Å². The molecule has 0 radical (unpaired) electrons. The van der Waals surface area contributed by atoms with Crippen molar-refractivity contribution in [3.05, 3.63) is 42.0 Å². The number of nitrogens with zero attached hydrogens (tertiary/aromatic N) is 2. The Morgan fingerprint density at radius 2 is 1.90 bits per heavy atom. The molecule has 114 valence electrons. The summed E-state index contributed by atoms with van der Waals surface area (Å²) in [6.07, 6.45) is 4.09. The Kier molecular flexibility index (Phi) is 5.04. The van der Waals surface area contributed by atoms with E-state index in [-0.39, 0.29) is 12.1 Å². The predicted octanol–water partition coefficient (Wildman–Crippen LogP) is 1.08. The van der Waals surface area contributed by atoms with Crippen molar-refractivity contribution in [1.29, 1.82) is 0 Å². The highest BCUT2D eigenvalue weighted by Gasteiger charge is 2.35. The molecule has 2 aliphatic rings. The summed E-state index contributed by atoms with van der Waals surface area (Å²) in [6.45, 7) is 6.06. The van der Waals surface area contributed by atoms with E-state index in [0.717, 1.165) is 45.9 Å². The van der Waals surface area contributed by atoms with Crippen LogP contribution in [-0.4, -0.2) is 73.0 Å². The van der Waals surface area contributed by atoms with Gasteiger partial charge in [-0.25, -0.2) is 0 Å². The van der Waals surface area contributed by atoms with Crippen molar-refractivity contribution < 1.29 is 9.84 Å². The quantitative estimate of drug-likeness (QED) is 0.899. The Morgan fingerprint density at radius 1 is 1.14 bits per heavy atom. The molecule has 2 atom stereocenters. The number of likely N-dealkylation sites (tertiary alicyclic amines) is 1. The topological polar surface area (TPSA) is 35.9 Å². The first-order valence-electron chi connectivity index (χ1n) is 7.77. The summed E-state index contributed by atoms with van der Waals surface area (Å²) in [5.74, 6) is 0. The predicted molar refractivity (Wildman–Crippen MR) is 84.1 cm³/mol. The van der Waals surface area contributed by atoms with E-state index in [4.69, 9.17) is 4.74 Å². The van der Waals surface area contributed by atoms with E-state index in [0.29, 0.717) is 0 Å². The van der Waals surface area contributed by atoms with Crippen LogP contribution in [-0.2, 0) is 4.74 Å². The number of β-amino-alcohol motifs (C(OH)–C–C–N with tert-alkyl or cyclic N) is 1. The summed E-state index contributed by atoms with van der Waals surface area (Å²) in [5.41, 5.74) is 1.22. The van der Waals surface area contributed by atoms with E-state index < -0.39 is 0 Å². The third kappa shape index (κ3) is 3.92. The van der Waals surface area contributed by atoms with Crippen LogP contribution in [0.2, 0.25) is 0 Å². The molecule has 2 aliphatic heterocycles. The van der Waals surface area contributed by atoms with E-state index >= 15 is 0 Å². The van der Waals surface area contributed by atoms with Crippen molar-refractivity contribution in [1.82, 2.24) is 9.80 Å². The first-order valence-corrected chi connectivity index (χ1v) is 7.77. The molecule has 2 saturated heterocycles. The zero-order valence-electron chi connectivity index (χ0n) is 12.4. The van der Waals surface area contributed by atoms with E-state index in [9.17, 15) is 5.11 Å². The van der Waals surface area contributed by atoms with E-state index in [1.54, 1.807) is 0 Å².